The molecule has 6 nitrogen and oxygen atoms in total. The van der Waals surface area contributed by atoms with Crippen molar-refractivity contribution in [2.75, 3.05) is 6.54 Å². The molecule has 2 N–H and O–H groups in total. The Labute approximate surface area is 115 Å². The van der Waals surface area contributed by atoms with Gasteiger partial charge in [-0.25, -0.2) is 4.98 Å². The quantitative estimate of drug-likeness (QED) is 0.860. The number of aromatic nitrogens is 2. The van der Waals surface area contributed by atoms with E-state index in [0.29, 0.717) is 17.5 Å². The molecule has 2 rings (SSSR count). The predicted octanol–water partition coefficient (Wildman–Crippen LogP) is 1.47. The third-order valence-corrected chi connectivity index (χ3v) is 3.03. The van der Waals surface area contributed by atoms with Crippen molar-refractivity contribution in [3.05, 3.63) is 36.2 Å². The van der Waals surface area contributed by atoms with Gasteiger partial charge in [-0.15, -0.1) is 0 Å². The van der Waals surface area contributed by atoms with E-state index < -0.39 is 17.8 Å². The van der Waals surface area contributed by atoms with E-state index in [9.17, 15) is 9.59 Å². The number of amides is 1. The molecule has 0 aliphatic rings. The fraction of sp³-hybridized carbons (Fsp3) is 0.286. The molecule has 1 aromatic carbocycles. The van der Waals surface area contributed by atoms with Gasteiger partial charge in [-0.1, -0.05) is 19.1 Å². The topological polar surface area (TPSA) is 92.2 Å². The lowest BCUT2D eigenvalue weighted by atomic mass is 10.1. The van der Waals surface area contributed by atoms with E-state index in [0.717, 1.165) is 0 Å². The highest BCUT2D eigenvalue weighted by Gasteiger charge is 2.17. The number of carboxylic acid groups (broad SMARTS) is 1. The summed E-state index contributed by atoms with van der Waals surface area (Å²) in [4.78, 5) is 31.1. The van der Waals surface area contributed by atoms with Crippen molar-refractivity contribution in [2.45, 2.75) is 13.3 Å². The molecule has 0 spiro atoms. The van der Waals surface area contributed by atoms with Gasteiger partial charge in [-0.2, -0.15) is 0 Å². The first-order valence-corrected chi connectivity index (χ1v) is 6.34. The van der Waals surface area contributed by atoms with Crippen molar-refractivity contribution in [1.29, 1.82) is 0 Å². The molecule has 0 bridgehead atoms. The van der Waals surface area contributed by atoms with Gasteiger partial charge in [0.05, 0.1) is 23.1 Å². The highest BCUT2D eigenvalue weighted by atomic mass is 16.4. The number of fused-ring (bicyclic) bond motifs is 1. The minimum atomic E-state index is -0.919. The Kier molecular flexibility index (Phi) is 4.24. The number of para-hydroxylation sites is 2. The van der Waals surface area contributed by atoms with Gasteiger partial charge in [0.15, 0.2) is 0 Å². The Morgan fingerprint density at radius 1 is 1.30 bits per heavy atom. The smallest absolute Gasteiger partial charge is 0.308 e. The lowest BCUT2D eigenvalue weighted by Gasteiger charge is -2.10. The van der Waals surface area contributed by atoms with Crippen LogP contribution in [0.4, 0.5) is 0 Å². The number of nitrogens with one attached hydrogen (secondary N) is 1. The van der Waals surface area contributed by atoms with Crippen LogP contribution in [-0.2, 0) is 4.79 Å². The zero-order chi connectivity index (χ0) is 14.5. The molecule has 6 heteroatoms. The van der Waals surface area contributed by atoms with E-state index in [-0.39, 0.29) is 12.2 Å². The van der Waals surface area contributed by atoms with Gasteiger partial charge in [0, 0.05) is 6.54 Å². The Hall–Kier alpha value is -2.50. The van der Waals surface area contributed by atoms with E-state index in [1.807, 2.05) is 18.2 Å². The van der Waals surface area contributed by atoms with Gasteiger partial charge in [0.25, 0.3) is 5.91 Å². The first-order valence-electron chi connectivity index (χ1n) is 6.34. The normalized spacial score (nSPS) is 12.1. The fourth-order valence-corrected chi connectivity index (χ4v) is 1.78. The number of benzene rings is 1. The number of rotatable bonds is 5. The molecule has 1 atom stereocenters. The molecule has 1 amide bonds. The lowest BCUT2D eigenvalue weighted by molar-refractivity contribution is -0.141. The maximum atomic E-state index is 11.9. The highest BCUT2D eigenvalue weighted by Crippen LogP contribution is 2.08. The van der Waals surface area contributed by atoms with Crippen molar-refractivity contribution in [3.8, 4) is 0 Å². The largest absolute Gasteiger partial charge is 0.481 e. The number of carboxylic acids is 1. The molecule has 2 aromatic rings. The summed E-state index contributed by atoms with van der Waals surface area (Å²) in [6.07, 6.45) is 1.85. The molecule has 0 aliphatic heterocycles. The highest BCUT2D eigenvalue weighted by molar-refractivity contribution is 5.93. The number of nitrogens with zero attached hydrogens (tertiary/aromatic N) is 2. The van der Waals surface area contributed by atoms with E-state index in [1.165, 1.54) is 6.20 Å². The molecule has 1 aromatic heterocycles. The summed E-state index contributed by atoms with van der Waals surface area (Å²) >= 11 is 0. The molecule has 0 aliphatic carbocycles. The number of hydrogen-bond acceptors (Lipinski definition) is 4. The Morgan fingerprint density at radius 2 is 2.00 bits per heavy atom. The maximum Gasteiger partial charge on any atom is 0.308 e. The summed E-state index contributed by atoms with van der Waals surface area (Å²) in [7, 11) is 0. The van der Waals surface area contributed by atoms with Gasteiger partial charge in [-0.05, 0) is 18.6 Å². The van der Waals surface area contributed by atoms with Gasteiger partial charge in [0.2, 0.25) is 0 Å². The van der Waals surface area contributed by atoms with Crippen LogP contribution in [0.3, 0.4) is 0 Å². The zero-order valence-corrected chi connectivity index (χ0v) is 11.0. The number of aliphatic carboxylic acids is 1. The van der Waals surface area contributed by atoms with E-state index >= 15 is 0 Å². The maximum absolute atomic E-state index is 11.9. The first kappa shape index (κ1) is 13.9. The minimum Gasteiger partial charge on any atom is -0.481 e. The number of hydrogen-bond donors (Lipinski definition) is 2. The Bertz CT molecular complexity index is 642. The van der Waals surface area contributed by atoms with Gasteiger partial charge < -0.3 is 10.4 Å². The minimum absolute atomic E-state index is 0.0825. The van der Waals surface area contributed by atoms with Crippen molar-refractivity contribution in [1.82, 2.24) is 15.3 Å². The van der Waals surface area contributed by atoms with Crippen molar-refractivity contribution in [2.24, 2.45) is 5.92 Å². The monoisotopic (exact) mass is 273 g/mol. The van der Waals surface area contributed by atoms with E-state index in [1.54, 1.807) is 13.0 Å². The van der Waals surface area contributed by atoms with Crippen LogP contribution in [0.15, 0.2) is 30.5 Å². The van der Waals surface area contributed by atoms with Crippen LogP contribution in [0.2, 0.25) is 0 Å². The van der Waals surface area contributed by atoms with Crippen LogP contribution in [0.5, 0.6) is 0 Å². The predicted molar refractivity (Wildman–Crippen MR) is 73.3 cm³/mol. The second-order valence-corrected chi connectivity index (χ2v) is 4.40. The molecule has 0 saturated heterocycles. The molecule has 1 unspecified atom stereocenters. The van der Waals surface area contributed by atoms with Crippen LogP contribution >= 0.6 is 0 Å². The van der Waals surface area contributed by atoms with E-state index in [4.69, 9.17) is 5.11 Å². The zero-order valence-electron chi connectivity index (χ0n) is 11.0. The van der Waals surface area contributed by atoms with Crippen LogP contribution in [0, 0.1) is 5.92 Å². The van der Waals surface area contributed by atoms with Crippen LogP contribution < -0.4 is 5.32 Å². The number of carbonyl (C=O) groups excluding carboxylic acids is 1. The molecule has 20 heavy (non-hydrogen) atoms. The third kappa shape index (κ3) is 3.09. The lowest BCUT2D eigenvalue weighted by Crippen LogP contribution is -2.33. The van der Waals surface area contributed by atoms with Crippen molar-refractivity contribution in [3.63, 3.8) is 0 Å². The number of carbonyl (C=O) groups is 2. The second kappa shape index (κ2) is 6.10. The van der Waals surface area contributed by atoms with Crippen LogP contribution in [0.1, 0.15) is 23.8 Å². The van der Waals surface area contributed by atoms with Crippen molar-refractivity contribution < 1.29 is 14.7 Å². The Morgan fingerprint density at radius 3 is 2.65 bits per heavy atom. The summed E-state index contributed by atoms with van der Waals surface area (Å²) < 4.78 is 0. The standard InChI is InChI=1S/C14H15N3O3/c1-2-9(14(19)20)7-16-13(18)12-8-15-10-5-3-4-6-11(10)17-12/h3-6,8-9H,2,7H2,1H3,(H,16,18)(H,19,20). The Balaban J connectivity index is 2.09. The van der Waals surface area contributed by atoms with Gasteiger partial charge in [0.1, 0.15) is 5.69 Å². The summed E-state index contributed by atoms with van der Waals surface area (Å²) in [5.41, 5.74) is 1.52. The average molecular weight is 273 g/mol. The molecular weight excluding hydrogens is 258 g/mol. The molecule has 104 valence electrons. The van der Waals surface area contributed by atoms with Gasteiger partial charge in [-0.3, -0.25) is 14.6 Å². The van der Waals surface area contributed by atoms with Gasteiger partial charge >= 0.3 is 5.97 Å². The second-order valence-electron chi connectivity index (χ2n) is 4.40. The van der Waals surface area contributed by atoms with E-state index in [2.05, 4.69) is 15.3 Å². The summed E-state index contributed by atoms with van der Waals surface area (Å²) in [5.74, 6) is -1.92. The van der Waals surface area contributed by atoms with Crippen molar-refractivity contribution >= 4 is 22.9 Å². The molecule has 0 radical (unpaired) electrons. The summed E-state index contributed by atoms with van der Waals surface area (Å²) in [6.45, 7) is 1.85. The average Bonchev–Trinajstić information content (AvgIpc) is 2.46. The first-order chi connectivity index (χ1) is 9.61. The summed E-state index contributed by atoms with van der Waals surface area (Å²) in [5, 5.41) is 11.5. The third-order valence-electron chi connectivity index (χ3n) is 3.03. The molecular formula is C14H15N3O3. The van der Waals surface area contributed by atoms with Crippen LogP contribution in [-0.4, -0.2) is 33.5 Å². The molecule has 1 heterocycles. The molecule has 0 saturated carbocycles. The van der Waals surface area contributed by atoms with Crippen LogP contribution in [0.25, 0.3) is 11.0 Å². The SMILES string of the molecule is CCC(CNC(=O)c1cnc2ccccc2n1)C(=O)O. The molecule has 0 fully saturated rings. The summed E-state index contributed by atoms with van der Waals surface area (Å²) in [6, 6.07) is 7.23. The fourth-order valence-electron chi connectivity index (χ4n) is 1.78.